The van der Waals surface area contributed by atoms with E-state index >= 15 is 0 Å². The van der Waals surface area contributed by atoms with Gasteiger partial charge < -0.3 is 5.32 Å². The van der Waals surface area contributed by atoms with Crippen molar-refractivity contribution in [2.75, 3.05) is 12.8 Å². The zero-order valence-electron chi connectivity index (χ0n) is 10.9. The predicted molar refractivity (Wildman–Crippen MR) is 71.5 cm³/mol. The van der Waals surface area contributed by atoms with Gasteiger partial charge in [0.15, 0.2) is 9.84 Å². The van der Waals surface area contributed by atoms with Crippen LogP contribution < -0.4 is 5.32 Å². The number of sulfone groups is 1. The molecule has 0 bridgehead atoms. The Morgan fingerprint density at radius 2 is 1.89 bits per heavy atom. The smallest absolute Gasteiger partial charge is 0.179 e. The number of nitrogens with one attached hydrogen (secondary N) is 1. The van der Waals surface area contributed by atoms with Crippen LogP contribution in [0.5, 0.6) is 0 Å². The van der Waals surface area contributed by atoms with Gasteiger partial charge in [-0.2, -0.15) is 0 Å². The van der Waals surface area contributed by atoms with Gasteiger partial charge in [-0.3, -0.25) is 0 Å². The molecule has 3 nitrogen and oxygen atoms in total. The molecule has 0 amide bonds. The topological polar surface area (TPSA) is 46.2 Å². The molecule has 2 atom stereocenters. The summed E-state index contributed by atoms with van der Waals surface area (Å²) in [4.78, 5) is 0.570. The van der Waals surface area contributed by atoms with E-state index in [0.29, 0.717) is 4.90 Å². The average Bonchev–Trinajstić information content (AvgIpc) is 2.74. The van der Waals surface area contributed by atoms with E-state index in [4.69, 9.17) is 0 Å². The number of rotatable bonds is 1. The van der Waals surface area contributed by atoms with E-state index in [9.17, 15) is 8.42 Å². The summed E-state index contributed by atoms with van der Waals surface area (Å²) in [5.74, 6) is 0.386. The van der Waals surface area contributed by atoms with E-state index in [1.165, 1.54) is 11.1 Å². The first-order chi connectivity index (χ1) is 8.53. The van der Waals surface area contributed by atoms with Crippen LogP contribution in [0.2, 0.25) is 0 Å². The van der Waals surface area contributed by atoms with E-state index in [0.717, 1.165) is 24.8 Å². The maximum Gasteiger partial charge on any atom is 0.179 e. The molecule has 0 fully saturated rings. The third-order valence-corrected chi connectivity index (χ3v) is 6.25. The van der Waals surface area contributed by atoms with Gasteiger partial charge in [-0.1, -0.05) is 13.0 Å². The molecular weight excluding hydrogens is 246 g/mol. The molecule has 1 aromatic carbocycles. The highest BCUT2D eigenvalue weighted by atomic mass is 32.2. The quantitative estimate of drug-likeness (QED) is 0.843. The second-order valence-corrected chi connectivity index (χ2v) is 7.54. The molecule has 2 unspecified atom stereocenters. The van der Waals surface area contributed by atoms with Gasteiger partial charge in [-0.15, -0.1) is 0 Å². The summed E-state index contributed by atoms with van der Waals surface area (Å²) in [6, 6.07) is 4.23. The summed E-state index contributed by atoms with van der Waals surface area (Å²) in [6.07, 6.45) is 3.27. The minimum absolute atomic E-state index is 0.131. The normalized spacial score (nSPS) is 28.8. The molecule has 1 aliphatic carbocycles. The lowest BCUT2D eigenvalue weighted by atomic mass is 9.93. The fourth-order valence-corrected chi connectivity index (χ4v) is 5.34. The van der Waals surface area contributed by atoms with Crippen molar-refractivity contribution in [1.29, 1.82) is 0 Å². The Labute approximate surface area is 109 Å². The summed E-state index contributed by atoms with van der Waals surface area (Å²) in [6.45, 7) is 2.01. The summed E-state index contributed by atoms with van der Waals surface area (Å²) in [7, 11) is -1.18. The van der Waals surface area contributed by atoms with Crippen LogP contribution in [0.25, 0.3) is 0 Å². The van der Waals surface area contributed by atoms with Crippen LogP contribution in [0.15, 0.2) is 17.0 Å². The fraction of sp³-hybridized carbons (Fsp3) is 0.571. The molecule has 1 heterocycles. The maximum atomic E-state index is 12.3. The van der Waals surface area contributed by atoms with E-state index in [-0.39, 0.29) is 17.7 Å². The minimum atomic E-state index is -3.10. The molecular formula is C14H19NO2S. The van der Waals surface area contributed by atoms with E-state index in [1.54, 1.807) is 0 Å². The van der Waals surface area contributed by atoms with E-state index in [2.05, 4.69) is 11.4 Å². The summed E-state index contributed by atoms with van der Waals surface area (Å²) >= 11 is 0. The highest BCUT2D eigenvalue weighted by Gasteiger charge is 2.35. The van der Waals surface area contributed by atoms with Crippen LogP contribution in [0, 0.1) is 5.92 Å². The van der Waals surface area contributed by atoms with E-state index < -0.39 is 9.84 Å². The number of aryl methyl sites for hydroxylation is 2. The van der Waals surface area contributed by atoms with Crippen molar-refractivity contribution in [3.63, 3.8) is 0 Å². The maximum absolute atomic E-state index is 12.3. The SMILES string of the molecule is CNC1c2cc3c(cc2S(=O)(=O)CC1C)CCC3. The highest BCUT2D eigenvalue weighted by molar-refractivity contribution is 7.91. The Morgan fingerprint density at radius 1 is 1.22 bits per heavy atom. The fourth-order valence-electron chi connectivity index (χ4n) is 3.41. The molecule has 1 aliphatic heterocycles. The van der Waals surface area contributed by atoms with Crippen LogP contribution in [-0.4, -0.2) is 21.2 Å². The molecule has 4 heteroatoms. The molecule has 1 aromatic rings. The van der Waals surface area contributed by atoms with Gasteiger partial charge in [0.1, 0.15) is 0 Å². The molecule has 2 aliphatic rings. The first-order valence-electron chi connectivity index (χ1n) is 6.58. The summed E-state index contributed by atoms with van der Waals surface area (Å²) in [5.41, 5.74) is 3.57. The van der Waals surface area contributed by atoms with Gasteiger partial charge in [-0.25, -0.2) is 8.42 Å². The Kier molecular flexibility index (Phi) is 2.75. The molecule has 0 radical (unpaired) electrons. The lowest BCUT2D eigenvalue weighted by Crippen LogP contribution is -2.34. The Bertz CT molecular complexity index is 592. The van der Waals surface area contributed by atoms with Crippen molar-refractivity contribution in [1.82, 2.24) is 5.32 Å². The second kappa shape index (κ2) is 4.07. The van der Waals surface area contributed by atoms with Gasteiger partial charge in [0.2, 0.25) is 0 Å². The average molecular weight is 265 g/mol. The van der Waals surface area contributed by atoms with Crippen LogP contribution in [0.1, 0.15) is 36.1 Å². The first-order valence-corrected chi connectivity index (χ1v) is 8.24. The number of fused-ring (bicyclic) bond motifs is 2. The van der Waals surface area contributed by atoms with Gasteiger partial charge in [0, 0.05) is 6.04 Å². The van der Waals surface area contributed by atoms with Gasteiger partial charge in [0.05, 0.1) is 10.6 Å². The molecule has 3 rings (SSSR count). The zero-order valence-corrected chi connectivity index (χ0v) is 11.7. The minimum Gasteiger partial charge on any atom is -0.313 e. The highest BCUT2D eigenvalue weighted by Crippen LogP contribution is 2.39. The summed E-state index contributed by atoms with van der Waals surface area (Å²) < 4.78 is 24.6. The van der Waals surface area contributed by atoms with E-state index in [1.807, 2.05) is 20.0 Å². The Balaban J connectivity index is 2.24. The number of benzene rings is 1. The molecule has 0 saturated heterocycles. The van der Waals surface area contributed by atoms with Crippen molar-refractivity contribution < 1.29 is 8.42 Å². The second-order valence-electron chi connectivity index (χ2n) is 5.54. The van der Waals surface area contributed by atoms with Crippen molar-refractivity contribution in [3.05, 3.63) is 28.8 Å². The predicted octanol–water partition coefficient (Wildman–Crippen LogP) is 1.86. The molecule has 98 valence electrons. The van der Waals surface area contributed by atoms with Crippen molar-refractivity contribution in [3.8, 4) is 0 Å². The first kappa shape index (κ1) is 12.2. The van der Waals surface area contributed by atoms with Gasteiger partial charge in [0.25, 0.3) is 0 Å². The van der Waals surface area contributed by atoms with Crippen LogP contribution in [0.4, 0.5) is 0 Å². The van der Waals surface area contributed by atoms with Crippen molar-refractivity contribution in [2.24, 2.45) is 5.92 Å². The largest absolute Gasteiger partial charge is 0.313 e. The molecule has 1 N–H and O–H groups in total. The van der Waals surface area contributed by atoms with Gasteiger partial charge >= 0.3 is 0 Å². The standard InChI is InChI=1S/C14H19NO2S/c1-9-8-18(16,17)13-7-11-5-3-4-10(11)6-12(13)14(9)15-2/h6-7,9,14-15H,3-5,8H2,1-2H3. The van der Waals surface area contributed by atoms with Crippen LogP contribution in [-0.2, 0) is 22.7 Å². The number of hydrogen-bond donors (Lipinski definition) is 1. The van der Waals surface area contributed by atoms with Gasteiger partial charge in [-0.05, 0) is 55.0 Å². The van der Waals surface area contributed by atoms with Crippen LogP contribution >= 0.6 is 0 Å². The zero-order chi connectivity index (χ0) is 12.9. The third kappa shape index (κ3) is 1.70. The Hall–Kier alpha value is -0.870. The molecule has 18 heavy (non-hydrogen) atoms. The Morgan fingerprint density at radius 3 is 2.56 bits per heavy atom. The van der Waals surface area contributed by atoms with Crippen molar-refractivity contribution in [2.45, 2.75) is 37.1 Å². The molecule has 0 saturated carbocycles. The lowest BCUT2D eigenvalue weighted by molar-refractivity contribution is 0.421. The van der Waals surface area contributed by atoms with Crippen LogP contribution in [0.3, 0.4) is 0 Å². The lowest BCUT2D eigenvalue weighted by Gasteiger charge is -2.31. The number of hydrogen-bond acceptors (Lipinski definition) is 3. The molecule has 0 aromatic heterocycles. The van der Waals surface area contributed by atoms with Crippen molar-refractivity contribution >= 4 is 9.84 Å². The third-order valence-electron chi connectivity index (χ3n) is 4.26. The monoisotopic (exact) mass is 265 g/mol. The molecule has 0 spiro atoms. The summed E-state index contributed by atoms with van der Waals surface area (Å²) in [5, 5.41) is 3.27.